The van der Waals surface area contributed by atoms with Gasteiger partial charge < -0.3 is 59.1 Å². The third kappa shape index (κ3) is 3.92. The Morgan fingerprint density at radius 1 is 1.11 bits per heavy atom. The summed E-state index contributed by atoms with van der Waals surface area (Å²) >= 11 is 0. The number of hydrogen-bond acceptors (Lipinski definition) is 13. The standard InChI is InChI=1S/C23H28O13/c1-31-12-6-9(2-3-11(12)26)20(30)34-18-10-4-5-32-21(14(10)23(8-25)19(18)36-23)35-22-17(29)16(28)15(27)13(7-24)33-22/h2-6,10,13-19,21-22,24-29H,7-8H2,1H3/t10-,13+,14-,15+,16-,17+,18-,19+,21-,22-,23-/m1/s1. The summed E-state index contributed by atoms with van der Waals surface area (Å²) in [6.45, 7) is -1.07. The second-order valence-electron chi connectivity index (χ2n) is 9.18. The van der Waals surface area contributed by atoms with Crippen LogP contribution in [0.5, 0.6) is 11.5 Å². The number of hydrogen-bond donors (Lipinski definition) is 6. The third-order valence-electron chi connectivity index (χ3n) is 7.26. The lowest BCUT2D eigenvalue weighted by Crippen LogP contribution is -2.60. The molecule has 3 aliphatic heterocycles. The fourth-order valence-corrected chi connectivity index (χ4v) is 5.28. The number of carbonyl (C=O) groups is 1. The predicted octanol–water partition coefficient (Wildman–Crippen LogP) is -2.01. The van der Waals surface area contributed by atoms with Crippen molar-refractivity contribution in [3.63, 3.8) is 0 Å². The molecule has 1 aromatic carbocycles. The van der Waals surface area contributed by atoms with E-state index in [4.69, 9.17) is 28.4 Å². The molecule has 0 aromatic heterocycles. The summed E-state index contributed by atoms with van der Waals surface area (Å²) < 4.78 is 33.4. The Labute approximate surface area is 205 Å². The summed E-state index contributed by atoms with van der Waals surface area (Å²) in [4.78, 5) is 12.9. The molecule has 11 atom stereocenters. The van der Waals surface area contributed by atoms with Gasteiger partial charge in [0.25, 0.3) is 0 Å². The Balaban J connectivity index is 1.35. The monoisotopic (exact) mass is 512 g/mol. The van der Waals surface area contributed by atoms with Gasteiger partial charge in [-0.3, -0.25) is 0 Å². The summed E-state index contributed by atoms with van der Waals surface area (Å²) in [5.74, 6) is -1.95. The van der Waals surface area contributed by atoms with Gasteiger partial charge in [-0.1, -0.05) is 0 Å². The Morgan fingerprint density at radius 2 is 1.89 bits per heavy atom. The van der Waals surface area contributed by atoms with E-state index in [0.29, 0.717) is 0 Å². The number of phenols is 1. The highest BCUT2D eigenvalue weighted by Gasteiger charge is 2.77. The molecule has 36 heavy (non-hydrogen) atoms. The van der Waals surface area contributed by atoms with Crippen LogP contribution in [-0.4, -0.2) is 112 Å². The average molecular weight is 512 g/mol. The lowest BCUT2D eigenvalue weighted by atomic mass is 9.85. The van der Waals surface area contributed by atoms with Gasteiger partial charge in [0, 0.05) is 5.92 Å². The maximum absolute atomic E-state index is 12.9. The molecule has 2 saturated heterocycles. The van der Waals surface area contributed by atoms with Crippen molar-refractivity contribution in [3.05, 3.63) is 36.1 Å². The summed E-state index contributed by atoms with van der Waals surface area (Å²) in [5.41, 5.74) is -1.03. The molecule has 3 heterocycles. The van der Waals surface area contributed by atoms with Crippen molar-refractivity contribution in [3.8, 4) is 11.5 Å². The number of epoxide rings is 1. The normalized spacial score (nSPS) is 42.7. The van der Waals surface area contributed by atoms with E-state index < -0.39 is 85.8 Å². The first-order valence-corrected chi connectivity index (χ1v) is 11.4. The molecule has 4 aliphatic rings. The number of carbonyl (C=O) groups excluding carboxylic acids is 1. The first-order valence-electron chi connectivity index (χ1n) is 11.4. The Kier molecular flexibility index (Phi) is 6.59. The number of ether oxygens (including phenoxy) is 6. The van der Waals surface area contributed by atoms with Crippen molar-refractivity contribution >= 4 is 5.97 Å². The zero-order valence-electron chi connectivity index (χ0n) is 19.1. The summed E-state index contributed by atoms with van der Waals surface area (Å²) in [6.07, 6.45) is -7.19. The highest BCUT2D eigenvalue weighted by Crippen LogP contribution is 2.60. The van der Waals surface area contributed by atoms with Crippen molar-refractivity contribution in [2.24, 2.45) is 11.8 Å². The van der Waals surface area contributed by atoms with E-state index in [9.17, 15) is 35.4 Å². The Bertz CT molecular complexity index is 1010. The van der Waals surface area contributed by atoms with Crippen LogP contribution in [0.1, 0.15) is 10.4 Å². The van der Waals surface area contributed by atoms with Crippen LogP contribution in [-0.2, 0) is 23.7 Å². The maximum atomic E-state index is 12.9. The molecule has 0 bridgehead atoms. The van der Waals surface area contributed by atoms with Crippen molar-refractivity contribution < 1.29 is 63.9 Å². The number of esters is 1. The highest BCUT2D eigenvalue weighted by atomic mass is 16.8. The van der Waals surface area contributed by atoms with Gasteiger partial charge >= 0.3 is 5.97 Å². The lowest BCUT2D eigenvalue weighted by molar-refractivity contribution is -0.344. The molecule has 13 heteroatoms. The lowest BCUT2D eigenvalue weighted by Gasteiger charge is -2.43. The molecule has 0 radical (unpaired) electrons. The van der Waals surface area contributed by atoms with Crippen molar-refractivity contribution in [2.45, 2.75) is 54.8 Å². The molecule has 0 spiro atoms. The fourth-order valence-electron chi connectivity index (χ4n) is 5.28. The van der Waals surface area contributed by atoms with Gasteiger partial charge in [-0.15, -0.1) is 0 Å². The van der Waals surface area contributed by atoms with Crippen molar-refractivity contribution in [2.75, 3.05) is 20.3 Å². The topological polar surface area (TPSA) is 197 Å². The van der Waals surface area contributed by atoms with E-state index >= 15 is 0 Å². The zero-order chi connectivity index (χ0) is 25.8. The van der Waals surface area contributed by atoms with Crippen LogP contribution < -0.4 is 4.74 Å². The molecular weight excluding hydrogens is 484 g/mol. The van der Waals surface area contributed by atoms with Crippen LogP contribution in [0.4, 0.5) is 0 Å². The number of methoxy groups -OCH3 is 1. The van der Waals surface area contributed by atoms with E-state index in [1.807, 2.05) is 0 Å². The number of aliphatic hydroxyl groups is 5. The van der Waals surface area contributed by atoms with Gasteiger partial charge in [-0.05, 0) is 24.3 Å². The predicted molar refractivity (Wildman–Crippen MR) is 114 cm³/mol. The van der Waals surface area contributed by atoms with Gasteiger partial charge in [0.2, 0.25) is 6.29 Å². The summed E-state index contributed by atoms with van der Waals surface area (Å²) in [5, 5.41) is 59.8. The number of benzene rings is 1. The molecule has 3 fully saturated rings. The number of aliphatic hydroxyl groups excluding tert-OH is 5. The zero-order valence-corrected chi connectivity index (χ0v) is 19.1. The second kappa shape index (κ2) is 9.43. The van der Waals surface area contributed by atoms with Crippen LogP contribution in [0.3, 0.4) is 0 Å². The molecule has 0 amide bonds. The number of phenolic OH excluding ortho intramolecular Hbond substituents is 1. The van der Waals surface area contributed by atoms with E-state index in [1.54, 1.807) is 6.08 Å². The number of fused-ring (bicyclic) bond motifs is 3. The minimum atomic E-state index is -1.66. The minimum absolute atomic E-state index is 0.0973. The second-order valence-corrected chi connectivity index (χ2v) is 9.18. The third-order valence-corrected chi connectivity index (χ3v) is 7.26. The summed E-state index contributed by atoms with van der Waals surface area (Å²) in [6, 6.07) is 4.02. The van der Waals surface area contributed by atoms with Crippen LogP contribution in [0, 0.1) is 11.8 Å². The Morgan fingerprint density at radius 3 is 2.58 bits per heavy atom. The first kappa shape index (κ1) is 25.2. The van der Waals surface area contributed by atoms with E-state index in [-0.39, 0.29) is 17.1 Å². The Hall–Kier alpha value is -2.49. The molecule has 6 N–H and O–H groups in total. The molecule has 0 unspecified atom stereocenters. The van der Waals surface area contributed by atoms with Gasteiger partial charge in [0.15, 0.2) is 17.8 Å². The van der Waals surface area contributed by atoms with Gasteiger partial charge in [0.05, 0.1) is 38.1 Å². The molecule has 5 rings (SSSR count). The first-order chi connectivity index (χ1) is 17.2. The number of aromatic hydroxyl groups is 1. The van der Waals surface area contributed by atoms with Crippen molar-refractivity contribution in [1.82, 2.24) is 0 Å². The van der Waals surface area contributed by atoms with Crippen LogP contribution >= 0.6 is 0 Å². The van der Waals surface area contributed by atoms with Crippen molar-refractivity contribution in [1.29, 1.82) is 0 Å². The average Bonchev–Trinajstić information content (AvgIpc) is 3.56. The largest absolute Gasteiger partial charge is 0.504 e. The highest BCUT2D eigenvalue weighted by molar-refractivity contribution is 5.90. The molecular formula is C23H28O13. The van der Waals surface area contributed by atoms with E-state index in [0.717, 1.165) is 0 Å². The fraction of sp³-hybridized carbons (Fsp3) is 0.609. The smallest absolute Gasteiger partial charge is 0.338 e. The van der Waals surface area contributed by atoms with E-state index in [2.05, 4.69) is 0 Å². The quantitative estimate of drug-likeness (QED) is 0.173. The minimum Gasteiger partial charge on any atom is -0.504 e. The summed E-state index contributed by atoms with van der Waals surface area (Å²) in [7, 11) is 1.35. The van der Waals surface area contributed by atoms with Crippen LogP contribution in [0.25, 0.3) is 0 Å². The molecule has 1 aromatic rings. The van der Waals surface area contributed by atoms with Crippen LogP contribution in [0.15, 0.2) is 30.5 Å². The molecule has 1 saturated carbocycles. The van der Waals surface area contributed by atoms with E-state index in [1.165, 1.54) is 31.6 Å². The maximum Gasteiger partial charge on any atom is 0.338 e. The van der Waals surface area contributed by atoms with Gasteiger partial charge in [-0.2, -0.15) is 0 Å². The number of rotatable bonds is 7. The van der Waals surface area contributed by atoms with Gasteiger partial charge in [0.1, 0.15) is 42.2 Å². The SMILES string of the molecule is COc1cc(C(=O)O[C@@H]2[C@@H]3C=CO[C@H](O[C@H]4O[C@@H](CO)[C@H](O)[C@@H](O)[C@@H]4O)[C@@H]3[C@@]3(CO)O[C@@H]23)ccc1O. The van der Waals surface area contributed by atoms with Gasteiger partial charge in [-0.25, -0.2) is 4.79 Å². The molecule has 198 valence electrons. The molecule has 1 aliphatic carbocycles. The van der Waals surface area contributed by atoms with Crippen LogP contribution in [0.2, 0.25) is 0 Å². The molecule has 13 nitrogen and oxygen atoms in total.